The summed E-state index contributed by atoms with van der Waals surface area (Å²) in [6.07, 6.45) is 0. The van der Waals surface area contributed by atoms with Gasteiger partial charge >= 0.3 is 5.97 Å². The third-order valence-corrected chi connectivity index (χ3v) is 6.38. The van der Waals surface area contributed by atoms with Crippen LogP contribution < -0.4 is 10.5 Å². The number of hydrogen-bond acceptors (Lipinski definition) is 7. The molecule has 0 saturated carbocycles. The number of Topliss-reactive ketones (excluding diaryl/α,β-unsaturated/α-hetero) is 1. The Morgan fingerprint density at radius 1 is 1.26 bits per heavy atom. The molecule has 8 nitrogen and oxygen atoms in total. The number of nitrogens with zero attached hydrogens (tertiary/aromatic N) is 2. The summed E-state index contributed by atoms with van der Waals surface area (Å²) in [6, 6.07) is 4.75. The number of thioether (sulfide) groups is 1. The molecule has 0 amide bonds. The second-order valence-corrected chi connectivity index (χ2v) is 9.59. The van der Waals surface area contributed by atoms with Gasteiger partial charge in [0.2, 0.25) is 0 Å². The highest BCUT2D eigenvalue weighted by molar-refractivity contribution is 7.99. The van der Waals surface area contributed by atoms with Gasteiger partial charge in [0.05, 0.1) is 55.6 Å². The van der Waals surface area contributed by atoms with Crippen LogP contribution in [0.3, 0.4) is 0 Å². The fourth-order valence-electron chi connectivity index (χ4n) is 3.28. The van der Waals surface area contributed by atoms with E-state index in [4.69, 9.17) is 9.47 Å². The molecule has 1 fully saturated rings. The first-order valence-electron chi connectivity index (χ1n) is 10.4. The molecule has 1 aromatic heterocycles. The second-order valence-electron chi connectivity index (χ2n) is 8.65. The van der Waals surface area contributed by atoms with E-state index in [9.17, 15) is 14.4 Å². The quantitative estimate of drug-likeness (QED) is 0.381. The van der Waals surface area contributed by atoms with Gasteiger partial charge in [0.15, 0.2) is 5.16 Å². The lowest BCUT2D eigenvalue weighted by Crippen LogP contribution is -3.14. The predicted octanol–water partition coefficient (Wildman–Crippen LogP) is 0.806. The van der Waals surface area contributed by atoms with Gasteiger partial charge in [-0.2, -0.15) is 0 Å². The number of methoxy groups -OCH3 is 1. The number of aromatic nitrogens is 2. The molecule has 0 bridgehead atoms. The van der Waals surface area contributed by atoms with Crippen LogP contribution in [0.1, 0.15) is 31.1 Å². The minimum absolute atomic E-state index is 0.0838. The number of ketones is 1. The van der Waals surface area contributed by atoms with Crippen LogP contribution >= 0.6 is 11.8 Å². The van der Waals surface area contributed by atoms with Gasteiger partial charge in [0.1, 0.15) is 18.9 Å². The topological polar surface area (TPSA) is 91.9 Å². The normalized spacial score (nSPS) is 15.2. The van der Waals surface area contributed by atoms with E-state index in [2.05, 4.69) is 4.98 Å². The van der Waals surface area contributed by atoms with E-state index in [1.54, 1.807) is 22.8 Å². The van der Waals surface area contributed by atoms with Crippen LogP contribution in [0, 0.1) is 5.41 Å². The van der Waals surface area contributed by atoms with E-state index in [0.717, 1.165) is 32.8 Å². The van der Waals surface area contributed by atoms with Crippen molar-refractivity contribution in [3.63, 3.8) is 0 Å². The molecule has 1 saturated heterocycles. The van der Waals surface area contributed by atoms with Crippen molar-refractivity contribution in [1.29, 1.82) is 0 Å². The van der Waals surface area contributed by atoms with Gasteiger partial charge in [-0.1, -0.05) is 32.5 Å². The molecule has 0 aliphatic carbocycles. The monoisotopic (exact) mass is 448 g/mol. The van der Waals surface area contributed by atoms with Crippen molar-refractivity contribution in [2.24, 2.45) is 5.41 Å². The van der Waals surface area contributed by atoms with E-state index in [1.165, 1.54) is 23.8 Å². The van der Waals surface area contributed by atoms with Gasteiger partial charge in [0, 0.05) is 5.41 Å². The maximum atomic E-state index is 13.3. The molecule has 0 unspecified atom stereocenters. The van der Waals surface area contributed by atoms with Crippen molar-refractivity contribution in [1.82, 2.24) is 9.55 Å². The van der Waals surface area contributed by atoms with E-state index < -0.39 is 11.4 Å². The van der Waals surface area contributed by atoms with E-state index in [0.29, 0.717) is 28.2 Å². The lowest BCUT2D eigenvalue weighted by molar-refractivity contribution is -0.908. The third kappa shape index (κ3) is 5.72. The molecule has 2 heterocycles. The standard InChI is InChI=1S/C22H29N3O5S/c1-22(2,3)18(26)14-31-21-23-17-13-15(20(28)29-4)5-6-16(17)19(27)25(21)8-7-24-9-11-30-12-10-24/h5-6,13H,7-12,14H2,1-4H3/p+1. The Morgan fingerprint density at radius 3 is 2.61 bits per heavy atom. The highest BCUT2D eigenvalue weighted by Gasteiger charge is 2.23. The molecular weight excluding hydrogens is 418 g/mol. The Hall–Kier alpha value is -2.23. The molecule has 9 heteroatoms. The van der Waals surface area contributed by atoms with Gasteiger partial charge in [-0.05, 0) is 18.2 Å². The molecule has 31 heavy (non-hydrogen) atoms. The smallest absolute Gasteiger partial charge is 0.337 e. The Labute approximate surface area is 185 Å². The molecule has 0 radical (unpaired) electrons. The van der Waals surface area contributed by atoms with E-state index in [1.807, 2.05) is 20.8 Å². The number of rotatable bonds is 7. The third-order valence-electron chi connectivity index (χ3n) is 5.40. The average Bonchev–Trinajstić information content (AvgIpc) is 2.76. The number of hydrogen-bond donors (Lipinski definition) is 1. The fourth-order valence-corrected chi connectivity index (χ4v) is 4.47. The molecule has 1 N–H and O–H groups in total. The number of morpholine rings is 1. The number of quaternary nitrogens is 1. The maximum Gasteiger partial charge on any atom is 0.337 e. The average molecular weight is 449 g/mol. The van der Waals surface area contributed by atoms with Crippen molar-refractivity contribution in [3.8, 4) is 0 Å². The number of fused-ring (bicyclic) bond motifs is 1. The first kappa shape index (κ1) is 23.4. The number of carbonyl (C=O) groups is 2. The zero-order valence-electron chi connectivity index (χ0n) is 18.5. The molecule has 2 aromatic rings. The number of carbonyl (C=O) groups excluding carboxylic acids is 2. The summed E-state index contributed by atoms with van der Waals surface area (Å²) in [5.41, 5.74) is 0.123. The highest BCUT2D eigenvalue weighted by atomic mass is 32.2. The Balaban J connectivity index is 1.96. The SMILES string of the molecule is COC(=O)c1ccc2c(=O)n(CC[NH+]3CCOCC3)c(SCC(=O)C(C)(C)C)nc2c1. The van der Waals surface area contributed by atoms with Crippen molar-refractivity contribution in [3.05, 3.63) is 34.1 Å². The Bertz CT molecular complexity index is 1020. The lowest BCUT2D eigenvalue weighted by Gasteiger charge is -2.24. The lowest BCUT2D eigenvalue weighted by atomic mass is 9.92. The van der Waals surface area contributed by atoms with Gasteiger partial charge < -0.3 is 14.4 Å². The second kappa shape index (κ2) is 9.93. The summed E-state index contributed by atoms with van der Waals surface area (Å²) in [7, 11) is 1.31. The number of nitrogens with one attached hydrogen (secondary N) is 1. The van der Waals surface area contributed by atoms with Crippen molar-refractivity contribution >= 4 is 34.4 Å². The summed E-state index contributed by atoms with van der Waals surface area (Å²) in [5.74, 6) is -0.177. The molecule has 1 aromatic carbocycles. The van der Waals surface area contributed by atoms with E-state index in [-0.39, 0.29) is 17.1 Å². The molecule has 3 rings (SSSR count). The summed E-state index contributed by atoms with van der Waals surface area (Å²) in [6.45, 7) is 10.2. The largest absolute Gasteiger partial charge is 0.465 e. The summed E-state index contributed by atoms with van der Waals surface area (Å²) in [4.78, 5) is 43.7. The van der Waals surface area contributed by atoms with Crippen LogP contribution in [0.5, 0.6) is 0 Å². The number of benzene rings is 1. The Kier molecular flexibility index (Phi) is 7.51. The molecule has 0 spiro atoms. The summed E-state index contributed by atoms with van der Waals surface area (Å²) >= 11 is 1.27. The van der Waals surface area contributed by atoms with Crippen molar-refractivity contribution in [2.75, 3.05) is 45.7 Å². The first-order chi connectivity index (χ1) is 14.7. The molecule has 1 aliphatic rings. The zero-order valence-corrected chi connectivity index (χ0v) is 19.3. The van der Waals surface area contributed by atoms with Crippen molar-refractivity contribution < 1.29 is 24.0 Å². The predicted molar refractivity (Wildman–Crippen MR) is 119 cm³/mol. The van der Waals surface area contributed by atoms with Crippen LogP contribution in [0.2, 0.25) is 0 Å². The van der Waals surface area contributed by atoms with Gasteiger partial charge in [0.25, 0.3) is 5.56 Å². The Morgan fingerprint density at radius 2 is 1.97 bits per heavy atom. The number of ether oxygens (including phenoxy) is 2. The van der Waals surface area contributed by atoms with Crippen LogP contribution in [0.4, 0.5) is 0 Å². The molecule has 0 atom stereocenters. The molecule has 168 valence electrons. The van der Waals surface area contributed by atoms with Gasteiger partial charge in [-0.15, -0.1) is 0 Å². The van der Waals surface area contributed by atoms with Crippen LogP contribution in [-0.4, -0.2) is 67.0 Å². The minimum atomic E-state index is -0.485. The van der Waals surface area contributed by atoms with Gasteiger partial charge in [-0.25, -0.2) is 9.78 Å². The molecular formula is C22H30N3O5S+. The van der Waals surface area contributed by atoms with E-state index >= 15 is 0 Å². The fraction of sp³-hybridized carbons (Fsp3) is 0.545. The van der Waals surface area contributed by atoms with Crippen LogP contribution in [-0.2, 0) is 20.8 Å². The minimum Gasteiger partial charge on any atom is -0.465 e. The maximum absolute atomic E-state index is 13.3. The highest BCUT2D eigenvalue weighted by Crippen LogP contribution is 2.23. The molecule has 1 aliphatic heterocycles. The summed E-state index contributed by atoms with van der Waals surface area (Å²) in [5, 5.41) is 0.931. The first-order valence-corrected chi connectivity index (χ1v) is 11.4. The zero-order chi connectivity index (χ0) is 22.6. The van der Waals surface area contributed by atoms with Crippen LogP contribution in [0.15, 0.2) is 28.2 Å². The van der Waals surface area contributed by atoms with Crippen molar-refractivity contribution in [2.45, 2.75) is 32.5 Å². The van der Waals surface area contributed by atoms with Gasteiger partial charge in [-0.3, -0.25) is 14.2 Å². The number of esters is 1. The van der Waals surface area contributed by atoms with Crippen LogP contribution in [0.25, 0.3) is 10.9 Å². The summed E-state index contributed by atoms with van der Waals surface area (Å²) < 4.78 is 11.8.